The Morgan fingerprint density at radius 1 is 0.529 bits per heavy atom. The number of pyridine rings is 2. The molecule has 2 saturated heterocycles. The molecule has 0 saturated carbocycles. The van der Waals surface area contributed by atoms with Crippen molar-refractivity contribution in [1.29, 1.82) is 0 Å². The van der Waals surface area contributed by atoms with Crippen molar-refractivity contribution in [3.05, 3.63) is 59.2 Å². The Morgan fingerprint density at radius 2 is 0.971 bits per heavy atom. The van der Waals surface area contributed by atoms with Crippen molar-refractivity contribution >= 4 is 0 Å². The zero-order chi connectivity index (χ0) is 23.0. The highest BCUT2D eigenvalue weighted by atomic mass is 16.6. The minimum absolute atomic E-state index is 0.0195. The van der Waals surface area contributed by atoms with Gasteiger partial charge in [0, 0.05) is 13.2 Å². The maximum Gasteiger partial charge on any atom is 0.107 e. The molecule has 4 unspecified atom stereocenters. The van der Waals surface area contributed by atoms with Crippen LogP contribution in [0.3, 0.4) is 0 Å². The first-order valence-corrected chi connectivity index (χ1v) is 12.3. The number of hydrogen-bond acceptors (Lipinski definition) is 8. The lowest BCUT2D eigenvalue weighted by Crippen LogP contribution is -2.39. The Balaban J connectivity index is 1.30. The van der Waals surface area contributed by atoms with Crippen molar-refractivity contribution in [2.75, 3.05) is 26.4 Å². The van der Waals surface area contributed by atoms with Crippen molar-refractivity contribution in [1.82, 2.24) is 9.97 Å². The number of ether oxygens (including phenoxy) is 6. The average molecular weight is 471 g/mol. The molecule has 184 valence electrons. The molecule has 0 amide bonds. The van der Waals surface area contributed by atoms with Crippen molar-refractivity contribution < 1.29 is 28.4 Å². The average Bonchev–Trinajstić information content (AvgIpc) is 2.88. The minimum atomic E-state index is -0.0967. The second-order valence-electron chi connectivity index (χ2n) is 9.07. The van der Waals surface area contributed by atoms with E-state index in [2.05, 4.69) is 4.98 Å². The Bertz CT molecular complexity index is 848. The fourth-order valence-corrected chi connectivity index (χ4v) is 4.64. The van der Waals surface area contributed by atoms with Crippen molar-refractivity contribution in [3.63, 3.8) is 0 Å². The smallest absolute Gasteiger partial charge is 0.107 e. The van der Waals surface area contributed by atoms with E-state index in [1.165, 1.54) is 0 Å². The standard InChI is InChI=1S/C26H34N2O6/c1-5-19-13-29-17-25-23(9-3-11-31-25)33-15-21-7-2-8-22(28-21)16-34-24-10-4-12-32-26(24)18-30-14-20(6-1)27-19/h1-2,5-8,23-26H,3-4,9-18H2. The number of nitrogens with zero attached hydrogens (tertiary/aromatic N) is 2. The van der Waals surface area contributed by atoms with Crippen LogP contribution in [-0.2, 0) is 54.8 Å². The van der Waals surface area contributed by atoms with E-state index in [4.69, 9.17) is 33.4 Å². The highest BCUT2D eigenvalue weighted by Crippen LogP contribution is 2.22. The second kappa shape index (κ2) is 12.2. The summed E-state index contributed by atoms with van der Waals surface area (Å²) in [5.41, 5.74) is 3.53. The van der Waals surface area contributed by atoms with Gasteiger partial charge in [0.15, 0.2) is 0 Å². The molecule has 0 spiro atoms. The Labute approximate surface area is 200 Å². The predicted octanol–water partition coefficient (Wildman–Crippen LogP) is 3.35. The first kappa shape index (κ1) is 23.8. The van der Waals surface area contributed by atoms with Gasteiger partial charge in [-0.15, -0.1) is 0 Å². The summed E-state index contributed by atoms with van der Waals surface area (Å²) >= 11 is 0. The van der Waals surface area contributed by atoms with Gasteiger partial charge in [0.05, 0.1) is 74.6 Å². The van der Waals surface area contributed by atoms with Gasteiger partial charge in [-0.05, 0) is 49.9 Å². The van der Waals surface area contributed by atoms with Crippen LogP contribution in [0.5, 0.6) is 0 Å². The van der Waals surface area contributed by atoms with Crippen molar-refractivity contribution in [2.24, 2.45) is 0 Å². The number of hydrogen-bond donors (Lipinski definition) is 0. The van der Waals surface area contributed by atoms with Gasteiger partial charge in [0.2, 0.25) is 0 Å². The summed E-state index contributed by atoms with van der Waals surface area (Å²) in [7, 11) is 0. The number of rotatable bonds is 0. The van der Waals surface area contributed by atoms with E-state index in [1.54, 1.807) is 0 Å². The molecule has 5 rings (SSSR count). The first-order chi connectivity index (χ1) is 16.8. The summed E-state index contributed by atoms with van der Waals surface area (Å²) in [6.07, 6.45) is 3.63. The van der Waals surface area contributed by atoms with Crippen LogP contribution in [0.25, 0.3) is 0 Å². The molecule has 2 fully saturated rings. The van der Waals surface area contributed by atoms with Gasteiger partial charge < -0.3 is 28.4 Å². The van der Waals surface area contributed by atoms with Crippen LogP contribution < -0.4 is 0 Å². The molecule has 0 aliphatic carbocycles. The molecule has 3 aliphatic heterocycles. The predicted molar refractivity (Wildman–Crippen MR) is 123 cm³/mol. The molecule has 8 heteroatoms. The van der Waals surface area contributed by atoms with E-state index in [0.29, 0.717) is 39.6 Å². The Hall–Kier alpha value is -1.94. The molecular weight excluding hydrogens is 436 g/mol. The van der Waals surface area contributed by atoms with E-state index in [1.807, 2.05) is 36.4 Å². The van der Waals surface area contributed by atoms with E-state index in [9.17, 15) is 0 Å². The highest BCUT2D eigenvalue weighted by Gasteiger charge is 2.28. The van der Waals surface area contributed by atoms with Crippen LogP contribution in [0, 0.1) is 0 Å². The van der Waals surface area contributed by atoms with Crippen molar-refractivity contribution in [3.8, 4) is 0 Å². The molecule has 0 radical (unpaired) electrons. The normalized spacial score (nSPS) is 29.4. The van der Waals surface area contributed by atoms with Crippen LogP contribution in [0.15, 0.2) is 36.4 Å². The fraction of sp³-hybridized carbons (Fsp3) is 0.615. The van der Waals surface area contributed by atoms with Gasteiger partial charge in [-0.2, -0.15) is 0 Å². The topological polar surface area (TPSA) is 81.2 Å². The Kier molecular flexibility index (Phi) is 8.50. The molecule has 2 aromatic rings. The van der Waals surface area contributed by atoms with E-state index < -0.39 is 0 Å². The van der Waals surface area contributed by atoms with Gasteiger partial charge in [-0.3, -0.25) is 9.97 Å². The zero-order valence-electron chi connectivity index (χ0n) is 19.6. The molecular formula is C26H34N2O6. The van der Waals surface area contributed by atoms with Gasteiger partial charge in [-0.25, -0.2) is 0 Å². The molecule has 34 heavy (non-hydrogen) atoms. The third-order valence-corrected chi connectivity index (χ3v) is 6.44. The number of fused-ring (bicyclic) bond motifs is 6. The minimum Gasteiger partial charge on any atom is -0.373 e. The van der Waals surface area contributed by atoms with Gasteiger partial charge in [0.25, 0.3) is 0 Å². The molecule has 5 heterocycles. The molecule has 2 aromatic heterocycles. The van der Waals surface area contributed by atoms with Crippen LogP contribution in [-0.4, -0.2) is 60.8 Å². The summed E-state index contributed by atoms with van der Waals surface area (Å²) in [6, 6.07) is 11.9. The maximum atomic E-state index is 6.24. The summed E-state index contributed by atoms with van der Waals surface area (Å²) in [5, 5.41) is 0. The monoisotopic (exact) mass is 470 g/mol. The fourth-order valence-electron chi connectivity index (χ4n) is 4.64. The molecule has 0 N–H and O–H groups in total. The van der Waals surface area contributed by atoms with E-state index in [-0.39, 0.29) is 24.4 Å². The molecule has 4 bridgehead atoms. The van der Waals surface area contributed by atoms with Crippen LogP contribution in [0.2, 0.25) is 0 Å². The first-order valence-electron chi connectivity index (χ1n) is 12.3. The lowest BCUT2D eigenvalue weighted by molar-refractivity contribution is -0.139. The highest BCUT2D eigenvalue weighted by molar-refractivity contribution is 5.11. The van der Waals surface area contributed by atoms with Crippen LogP contribution in [0.4, 0.5) is 0 Å². The van der Waals surface area contributed by atoms with Gasteiger partial charge in [0.1, 0.15) is 12.2 Å². The quantitative estimate of drug-likeness (QED) is 0.580. The van der Waals surface area contributed by atoms with E-state index in [0.717, 1.165) is 61.7 Å². The Morgan fingerprint density at radius 3 is 1.44 bits per heavy atom. The third-order valence-electron chi connectivity index (χ3n) is 6.44. The van der Waals surface area contributed by atoms with Crippen LogP contribution >= 0.6 is 0 Å². The van der Waals surface area contributed by atoms with E-state index >= 15 is 0 Å². The second-order valence-corrected chi connectivity index (χ2v) is 9.07. The van der Waals surface area contributed by atoms with Gasteiger partial charge in [-0.1, -0.05) is 12.1 Å². The summed E-state index contributed by atoms with van der Waals surface area (Å²) < 4.78 is 36.4. The molecule has 3 aliphatic rings. The molecule has 8 nitrogen and oxygen atoms in total. The zero-order valence-corrected chi connectivity index (χ0v) is 19.6. The SMILES string of the molecule is c1cc2nc(c1)COCC1OCCCC1OCc1cccc(n1)COC1CCCOC1COC2. The largest absolute Gasteiger partial charge is 0.373 e. The summed E-state index contributed by atoms with van der Waals surface area (Å²) in [4.78, 5) is 9.44. The lowest BCUT2D eigenvalue weighted by Gasteiger charge is -2.32. The molecule has 0 aromatic carbocycles. The molecule has 4 atom stereocenters. The lowest BCUT2D eigenvalue weighted by atomic mass is 10.1. The number of aromatic nitrogens is 2. The summed E-state index contributed by atoms with van der Waals surface area (Å²) in [5.74, 6) is 0. The van der Waals surface area contributed by atoms with Crippen LogP contribution in [0.1, 0.15) is 48.5 Å². The maximum absolute atomic E-state index is 6.24. The summed E-state index contributed by atoms with van der Waals surface area (Å²) in [6.45, 7) is 4.11. The van der Waals surface area contributed by atoms with Gasteiger partial charge >= 0.3 is 0 Å². The third kappa shape index (κ3) is 6.59. The van der Waals surface area contributed by atoms with Crippen molar-refractivity contribution in [2.45, 2.75) is 76.5 Å².